The van der Waals surface area contributed by atoms with Crippen LogP contribution in [0.1, 0.15) is 120 Å². The number of aryl methyl sites for hydroxylation is 1. The highest BCUT2D eigenvalue weighted by atomic mass is 32.1. The summed E-state index contributed by atoms with van der Waals surface area (Å²) >= 11 is 1.57. The van der Waals surface area contributed by atoms with Gasteiger partial charge in [0.2, 0.25) is 23.7 Å². The lowest BCUT2D eigenvalue weighted by atomic mass is 9.73. The Balaban J connectivity index is 0.766. The van der Waals surface area contributed by atoms with Crippen molar-refractivity contribution >= 4 is 58.6 Å². The summed E-state index contributed by atoms with van der Waals surface area (Å²) in [6, 6.07) is 11.7. The molecule has 5 heterocycles. The first-order valence-electron chi connectivity index (χ1n) is 29.1. The second-order valence-corrected chi connectivity index (χ2v) is 24.8. The van der Waals surface area contributed by atoms with Gasteiger partial charge in [-0.2, -0.15) is 13.2 Å². The van der Waals surface area contributed by atoms with Crippen molar-refractivity contribution in [1.29, 1.82) is 0 Å². The molecule has 0 saturated carbocycles. The van der Waals surface area contributed by atoms with Gasteiger partial charge in [-0.15, -0.1) is 11.3 Å². The number of carbonyl (C=O) groups is 5. The number of nitrogens with zero attached hydrogens (tertiary/aromatic N) is 8. The van der Waals surface area contributed by atoms with E-state index in [1.54, 1.807) is 16.2 Å². The van der Waals surface area contributed by atoms with Crippen LogP contribution in [-0.2, 0) is 31.9 Å². The van der Waals surface area contributed by atoms with E-state index < -0.39 is 57.9 Å². The van der Waals surface area contributed by atoms with E-state index in [9.17, 15) is 46.6 Å². The minimum Gasteiger partial charge on any atom is -0.392 e. The Morgan fingerprint density at radius 2 is 1.45 bits per heavy atom. The number of unbranched alkanes of at least 4 members (excludes halogenated alkanes) is 5. The van der Waals surface area contributed by atoms with E-state index in [-0.39, 0.29) is 84.3 Å². The number of thiazole rings is 1. The molecule has 0 spiro atoms. The molecule has 17 nitrogen and oxygen atoms in total. The number of aliphatic hydroxyl groups excluding tert-OH is 1. The normalized spacial score (nSPS) is 19.6. The summed E-state index contributed by atoms with van der Waals surface area (Å²) in [5.74, 6) is -3.08. The lowest BCUT2D eigenvalue weighted by Gasteiger charge is -2.44. The predicted octanol–water partition coefficient (Wildman–Crippen LogP) is 9.27. The van der Waals surface area contributed by atoms with E-state index in [1.165, 1.54) is 24.5 Å². The maximum absolute atomic E-state index is 16.2. The van der Waals surface area contributed by atoms with E-state index >= 15 is 4.39 Å². The van der Waals surface area contributed by atoms with Crippen molar-refractivity contribution in [2.45, 2.75) is 142 Å². The zero-order valence-electron chi connectivity index (χ0n) is 49.4. The topological polar surface area (TPSA) is 197 Å². The minimum absolute atomic E-state index is 0.000605. The van der Waals surface area contributed by atoms with Gasteiger partial charge in [0.05, 0.1) is 50.7 Å². The molecule has 4 N–H and O–H groups in total. The third kappa shape index (κ3) is 15.7. The SMILES string of the molecule is Cc1ncsc1-c1ccc(CNC(=O)[C@@H]2C[C@H](O)CN2C[C@](C=O)(NC(=O)CCCCCCCCC(=O)N2CCN(c3ncc(-c4cc(NC(=O)c5ccc(F)cc5C(F)(F)F)c(N5C[C@@H](C)N(C)[C@@H](C)C5)cc4F)cn3)CC2)C(C)(C)C)cc1. The highest BCUT2D eigenvalue weighted by molar-refractivity contribution is 7.13. The fourth-order valence-corrected chi connectivity index (χ4v) is 12.2. The summed E-state index contributed by atoms with van der Waals surface area (Å²) in [7, 11) is 1.97. The van der Waals surface area contributed by atoms with Gasteiger partial charge in [0, 0.05) is 107 Å². The molecular weight excluding hydrogens is 1120 g/mol. The molecule has 2 aromatic heterocycles. The minimum atomic E-state index is -5.02. The lowest BCUT2D eigenvalue weighted by Crippen LogP contribution is -2.65. The van der Waals surface area contributed by atoms with Crippen LogP contribution < -0.4 is 25.8 Å². The number of benzene rings is 3. The van der Waals surface area contributed by atoms with Crippen LogP contribution in [0.3, 0.4) is 0 Å². The Labute approximate surface area is 497 Å². The molecule has 0 bridgehead atoms. The zero-order chi connectivity index (χ0) is 61.4. The summed E-state index contributed by atoms with van der Waals surface area (Å²) in [5, 5.41) is 19.3. The van der Waals surface area contributed by atoms with Gasteiger partial charge in [-0.05, 0) is 94.0 Å². The first kappa shape index (κ1) is 64.1. The molecule has 0 unspecified atom stereocenters. The second-order valence-electron chi connectivity index (χ2n) is 23.9. The highest BCUT2D eigenvalue weighted by Crippen LogP contribution is 2.39. The number of aromatic nitrogens is 3. The molecule has 23 heteroatoms. The van der Waals surface area contributed by atoms with Crippen LogP contribution in [0.5, 0.6) is 0 Å². The van der Waals surface area contributed by atoms with Gasteiger partial charge >= 0.3 is 6.18 Å². The number of halogens is 5. The standard InChI is InChI=1S/C62H78F5N11O6S/c1-39-33-77(34-40(2)74(39)7)52-29-50(64)48(28-51(52)72-57(83)47-21-20-45(63)26-49(47)62(65,66)67)44-31-69-59(70-32-44)76-24-22-75(23-25-76)55(82)15-13-11-9-8-10-12-14-54(81)73-61(37-79,60(4,5)6)36-78-35-46(80)27-53(78)58(84)68-30-42-16-18-43(19-17-42)56-41(3)71-38-85-56/h16-21,26,28-29,31-32,37-40,46,53,80H,8-15,22-25,27,30,33-36H2,1-7H3,(H,68,84)(H,72,83)(H,73,81)/t39-,40+,46-,53-,61+/m0/s1. The third-order valence-corrected chi connectivity index (χ3v) is 17.9. The number of aldehydes is 1. The molecule has 0 radical (unpaired) electrons. The number of nitrogens with one attached hydrogen (secondary N) is 3. The van der Waals surface area contributed by atoms with Gasteiger partial charge in [-0.25, -0.2) is 23.7 Å². The quantitative estimate of drug-likeness (QED) is 0.0291. The van der Waals surface area contributed by atoms with Crippen molar-refractivity contribution in [3.63, 3.8) is 0 Å². The summed E-state index contributed by atoms with van der Waals surface area (Å²) in [4.78, 5) is 91.0. The van der Waals surface area contributed by atoms with Gasteiger partial charge in [-0.1, -0.05) is 70.7 Å². The van der Waals surface area contributed by atoms with Crippen molar-refractivity contribution in [3.05, 3.63) is 107 Å². The van der Waals surface area contributed by atoms with Crippen LogP contribution in [-0.4, -0.2) is 154 Å². The van der Waals surface area contributed by atoms with E-state index in [2.05, 4.69) is 35.8 Å². The average Bonchev–Trinajstić information content (AvgIpc) is 4.19. The number of hydrogen-bond donors (Lipinski definition) is 4. The number of amides is 4. The fraction of sp³-hybridized carbons (Fsp3) is 0.516. The van der Waals surface area contributed by atoms with E-state index in [1.807, 2.05) is 93.1 Å². The van der Waals surface area contributed by atoms with Gasteiger partial charge in [0.1, 0.15) is 23.5 Å². The van der Waals surface area contributed by atoms with Crippen LogP contribution in [0.15, 0.2) is 72.5 Å². The number of hydrogen-bond acceptors (Lipinski definition) is 14. The number of likely N-dealkylation sites (N-methyl/N-ethyl adjacent to an activating group) is 1. The van der Waals surface area contributed by atoms with Crippen LogP contribution in [0.2, 0.25) is 0 Å². The fourth-order valence-electron chi connectivity index (χ4n) is 11.4. The molecule has 0 aliphatic carbocycles. The van der Waals surface area contributed by atoms with Crippen LogP contribution in [0, 0.1) is 24.0 Å². The molecule has 5 atom stereocenters. The number of rotatable bonds is 22. The number of alkyl halides is 3. The van der Waals surface area contributed by atoms with E-state index in [0.29, 0.717) is 71.0 Å². The smallest absolute Gasteiger partial charge is 0.392 e. The maximum Gasteiger partial charge on any atom is 0.417 e. The molecule has 8 rings (SSSR count). The Hall–Kier alpha value is -6.95. The Morgan fingerprint density at radius 1 is 0.800 bits per heavy atom. The number of anilines is 3. The molecule has 3 saturated heterocycles. The predicted molar refractivity (Wildman–Crippen MR) is 318 cm³/mol. The van der Waals surface area contributed by atoms with Crippen molar-refractivity contribution in [1.82, 2.24) is 40.3 Å². The average molecular weight is 1200 g/mol. The Morgan fingerprint density at radius 3 is 2.06 bits per heavy atom. The summed E-state index contributed by atoms with van der Waals surface area (Å²) in [5.41, 5.74) is 1.04. The molecule has 3 aliphatic rings. The Bertz CT molecular complexity index is 3140. The third-order valence-electron chi connectivity index (χ3n) is 16.9. The van der Waals surface area contributed by atoms with Gasteiger partial charge in [-0.3, -0.25) is 29.0 Å². The zero-order valence-corrected chi connectivity index (χ0v) is 50.2. The van der Waals surface area contributed by atoms with Crippen molar-refractivity contribution in [2.24, 2.45) is 5.41 Å². The summed E-state index contributed by atoms with van der Waals surface area (Å²) < 4.78 is 72.2. The van der Waals surface area contributed by atoms with Gasteiger partial charge in [0.25, 0.3) is 5.91 Å². The first-order chi connectivity index (χ1) is 40.3. The van der Waals surface area contributed by atoms with Gasteiger partial charge in [0.15, 0.2) is 0 Å². The molecule has 5 aromatic rings. The molecule has 85 heavy (non-hydrogen) atoms. The number of likely N-dealkylation sites (tertiary alicyclic amines) is 1. The molecule has 458 valence electrons. The number of β-amino-alcohol motifs (C(OH)–C–C–N with tert-alkyl or cyclic N) is 1. The van der Waals surface area contributed by atoms with Crippen molar-refractivity contribution in [3.8, 4) is 21.6 Å². The number of piperazine rings is 2. The number of aliphatic hydroxyl groups is 1. The van der Waals surface area contributed by atoms with Gasteiger partial charge < -0.3 is 40.6 Å². The highest BCUT2D eigenvalue weighted by Gasteiger charge is 2.48. The molecule has 3 aromatic carbocycles. The van der Waals surface area contributed by atoms with Crippen molar-refractivity contribution < 1.29 is 51.0 Å². The monoisotopic (exact) mass is 1200 g/mol. The second kappa shape index (κ2) is 27.6. The maximum atomic E-state index is 16.2. The van der Waals surface area contributed by atoms with E-state index in [4.69, 9.17) is 0 Å². The van der Waals surface area contributed by atoms with Crippen LogP contribution in [0.4, 0.5) is 39.3 Å². The van der Waals surface area contributed by atoms with Crippen LogP contribution >= 0.6 is 11.3 Å². The van der Waals surface area contributed by atoms with E-state index in [0.717, 1.165) is 65.8 Å². The first-order valence-corrected chi connectivity index (χ1v) is 30.0. The van der Waals surface area contributed by atoms with Crippen molar-refractivity contribution in [2.75, 3.05) is 74.5 Å². The summed E-state index contributed by atoms with van der Waals surface area (Å²) in [6.45, 7) is 14.8. The Kier molecular flexibility index (Phi) is 20.8. The molecule has 3 aliphatic heterocycles. The summed E-state index contributed by atoms with van der Waals surface area (Å²) in [6.07, 6.45) is 3.33. The van der Waals surface area contributed by atoms with Crippen LogP contribution in [0.25, 0.3) is 21.6 Å². The molecule has 4 amide bonds. The molecular formula is C62H78F5N11O6S. The lowest BCUT2D eigenvalue weighted by molar-refractivity contribution is -0.138. The number of carbonyl (C=O) groups excluding carboxylic acids is 5. The largest absolute Gasteiger partial charge is 0.417 e. The molecule has 3 fully saturated rings.